The molecule has 0 heterocycles. The molecule has 0 bridgehead atoms. The van der Waals surface area contributed by atoms with Crippen LogP contribution in [0.25, 0.3) is 0 Å². The van der Waals surface area contributed by atoms with E-state index in [-0.39, 0.29) is 17.9 Å². The Bertz CT molecular complexity index is 656. The number of nitrogens with zero attached hydrogens (tertiary/aromatic N) is 1. The minimum Gasteiger partial charge on any atom is -0.355 e. The van der Waals surface area contributed by atoms with Crippen LogP contribution in [0.2, 0.25) is 0 Å². The van der Waals surface area contributed by atoms with Crippen LogP contribution < -0.4 is 5.32 Å². The first-order valence-corrected chi connectivity index (χ1v) is 8.19. The summed E-state index contributed by atoms with van der Waals surface area (Å²) >= 11 is 0. The maximum Gasteiger partial charge on any atom is 0.224 e. The van der Waals surface area contributed by atoms with Crippen molar-refractivity contribution in [3.05, 3.63) is 71.8 Å². The number of carbonyl (C=O) groups is 2. The molecular weight excluding hydrogens is 300 g/mol. The molecule has 1 N–H and O–H groups in total. The van der Waals surface area contributed by atoms with E-state index in [1.807, 2.05) is 67.6 Å². The molecule has 2 amide bonds. The van der Waals surface area contributed by atoms with Gasteiger partial charge < -0.3 is 10.2 Å². The molecule has 24 heavy (non-hydrogen) atoms. The van der Waals surface area contributed by atoms with Gasteiger partial charge in [0.2, 0.25) is 11.8 Å². The number of hydrogen-bond donors (Lipinski definition) is 1. The normalized spacial score (nSPS) is 11.6. The van der Waals surface area contributed by atoms with Gasteiger partial charge in [-0.15, -0.1) is 0 Å². The molecule has 4 heteroatoms. The van der Waals surface area contributed by atoms with E-state index in [9.17, 15) is 9.59 Å². The van der Waals surface area contributed by atoms with Crippen LogP contribution in [0.15, 0.2) is 60.7 Å². The minimum absolute atomic E-state index is 0.0127. The number of carbonyl (C=O) groups excluding carboxylic acids is 2. The zero-order valence-electron chi connectivity index (χ0n) is 14.2. The van der Waals surface area contributed by atoms with Gasteiger partial charge in [0, 0.05) is 20.0 Å². The number of benzene rings is 2. The summed E-state index contributed by atoms with van der Waals surface area (Å²) in [4.78, 5) is 25.9. The van der Waals surface area contributed by atoms with Gasteiger partial charge in [0.25, 0.3) is 0 Å². The van der Waals surface area contributed by atoms with Crippen molar-refractivity contribution in [3.63, 3.8) is 0 Å². The first-order chi connectivity index (χ1) is 11.6. The van der Waals surface area contributed by atoms with Gasteiger partial charge in [0.15, 0.2) is 0 Å². The Morgan fingerprint density at radius 2 is 1.58 bits per heavy atom. The average molecular weight is 324 g/mol. The van der Waals surface area contributed by atoms with Crippen LogP contribution >= 0.6 is 0 Å². The first kappa shape index (κ1) is 17.7. The smallest absolute Gasteiger partial charge is 0.224 e. The van der Waals surface area contributed by atoms with Gasteiger partial charge in [-0.1, -0.05) is 60.7 Å². The van der Waals surface area contributed by atoms with Crippen molar-refractivity contribution in [2.24, 2.45) is 0 Å². The zero-order valence-corrected chi connectivity index (χ0v) is 14.2. The molecule has 0 aromatic heterocycles. The van der Waals surface area contributed by atoms with Gasteiger partial charge in [-0.3, -0.25) is 9.59 Å². The van der Waals surface area contributed by atoms with Crippen LogP contribution in [0, 0.1) is 0 Å². The quantitative estimate of drug-likeness (QED) is 0.851. The predicted molar refractivity (Wildman–Crippen MR) is 95.4 cm³/mol. The van der Waals surface area contributed by atoms with Crippen molar-refractivity contribution >= 4 is 11.8 Å². The van der Waals surface area contributed by atoms with Crippen molar-refractivity contribution in [3.8, 4) is 0 Å². The summed E-state index contributed by atoms with van der Waals surface area (Å²) in [6.07, 6.45) is 0.638. The van der Waals surface area contributed by atoms with Gasteiger partial charge in [0.05, 0.1) is 12.5 Å². The summed E-state index contributed by atoms with van der Waals surface area (Å²) in [5.74, 6) is -0.0425. The molecule has 0 aliphatic carbocycles. The second kappa shape index (κ2) is 8.87. The monoisotopic (exact) mass is 324 g/mol. The summed E-state index contributed by atoms with van der Waals surface area (Å²) < 4.78 is 0. The molecular formula is C20H24N2O2. The molecule has 4 nitrogen and oxygen atoms in total. The molecule has 126 valence electrons. The highest BCUT2D eigenvalue weighted by molar-refractivity contribution is 5.80. The minimum atomic E-state index is -0.0623. The number of hydrogen-bond acceptors (Lipinski definition) is 2. The molecule has 0 spiro atoms. The maximum absolute atomic E-state index is 12.3. The van der Waals surface area contributed by atoms with Crippen molar-refractivity contribution < 1.29 is 9.59 Å². The van der Waals surface area contributed by atoms with E-state index in [4.69, 9.17) is 0 Å². The van der Waals surface area contributed by atoms with Crippen LogP contribution in [0.3, 0.4) is 0 Å². The third-order valence-electron chi connectivity index (χ3n) is 4.12. The molecule has 0 saturated heterocycles. The molecule has 1 unspecified atom stereocenters. The Hall–Kier alpha value is -2.62. The summed E-state index contributed by atoms with van der Waals surface area (Å²) in [6, 6.07) is 19.5. The largest absolute Gasteiger partial charge is 0.355 e. The fourth-order valence-electron chi connectivity index (χ4n) is 2.50. The summed E-state index contributed by atoms with van der Waals surface area (Å²) in [6.45, 7) is 2.36. The Balaban J connectivity index is 1.75. The Morgan fingerprint density at radius 3 is 2.21 bits per heavy atom. The lowest BCUT2D eigenvalue weighted by atomic mass is 10.1. The molecule has 1 atom stereocenters. The van der Waals surface area contributed by atoms with Crippen LogP contribution in [0.5, 0.6) is 0 Å². The molecule has 2 aromatic carbocycles. The van der Waals surface area contributed by atoms with Gasteiger partial charge in [-0.25, -0.2) is 0 Å². The molecule has 0 fully saturated rings. The lowest BCUT2D eigenvalue weighted by molar-refractivity contribution is -0.131. The van der Waals surface area contributed by atoms with Crippen molar-refractivity contribution in [1.82, 2.24) is 10.2 Å². The average Bonchev–Trinajstić information content (AvgIpc) is 2.62. The van der Waals surface area contributed by atoms with Crippen LogP contribution in [-0.4, -0.2) is 30.3 Å². The summed E-state index contributed by atoms with van der Waals surface area (Å²) in [7, 11) is 1.80. The summed E-state index contributed by atoms with van der Waals surface area (Å²) in [5, 5.41) is 2.81. The first-order valence-electron chi connectivity index (χ1n) is 8.19. The highest BCUT2D eigenvalue weighted by Crippen LogP contribution is 2.18. The van der Waals surface area contributed by atoms with E-state index in [1.54, 1.807) is 11.9 Å². The fraction of sp³-hybridized carbons (Fsp3) is 0.300. The van der Waals surface area contributed by atoms with Crippen molar-refractivity contribution in [1.29, 1.82) is 0 Å². The van der Waals surface area contributed by atoms with Crippen molar-refractivity contribution in [2.75, 3.05) is 13.6 Å². The Labute approximate surface area is 143 Å². The predicted octanol–water partition coefficient (Wildman–Crippen LogP) is 2.96. The Kier molecular flexibility index (Phi) is 6.55. The number of amides is 2. The van der Waals surface area contributed by atoms with Crippen LogP contribution in [0.1, 0.15) is 30.5 Å². The molecule has 0 radical (unpaired) electrons. The second-order valence-electron chi connectivity index (χ2n) is 5.85. The lowest BCUT2D eigenvalue weighted by Gasteiger charge is -2.25. The standard InChI is InChI=1S/C20H24N2O2/c1-16(18-11-7-4-8-12-18)22(2)20(24)13-14-21-19(23)15-17-9-5-3-6-10-17/h3-12,16H,13-15H2,1-2H3,(H,21,23). The Morgan fingerprint density at radius 1 is 1.00 bits per heavy atom. The summed E-state index contributed by atoms with van der Waals surface area (Å²) in [5.41, 5.74) is 2.07. The van der Waals surface area contributed by atoms with Crippen molar-refractivity contribution in [2.45, 2.75) is 25.8 Å². The topological polar surface area (TPSA) is 49.4 Å². The third-order valence-corrected chi connectivity index (χ3v) is 4.12. The third kappa shape index (κ3) is 5.23. The number of nitrogens with one attached hydrogen (secondary N) is 1. The van der Waals surface area contributed by atoms with Gasteiger partial charge in [0.1, 0.15) is 0 Å². The van der Waals surface area contributed by atoms with Crippen LogP contribution in [0.4, 0.5) is 0 Å². The maximum atomic E-state index is 12.3. The fourth-order valence-corrected chi connectivity index (χ4v) is 2.50. The molecule has 0 saturated carbocycles. The zero-order chi connectivity index (χ0) is 17.4. The van der Waals surface area contributed by atoms with Gasteiger partial charge in [-0.05, 0) is 18.1 Å². The van der Waals surface area contributed by atoms with Gasteiger partial charge in [-0.2, -0.15) is 0 Å². The van der Waals surface area contributed by atoms with E-state index in [0.717, 1.165) is 11.1 Å². The van der Waals surface area contributed by atoms with E-state index in [0.29, 0.717) is 19.4 Å². The second-order valence-corrected chi connectivity index (χ2v) is 5.85. The molecule has 2 rings (SSSR count). The highest BCUT2D eigenvalue weighted by Gasteiger charge is 2.17. The van der Waals surface area contributed by atoms with E-state index < -0.39 is 0 Å². The van der Waals surface area contributed by atoms with E-state index in [1.165, 1.54) is 0 Å². The number of rotatable bonds is 7. The molecule has 0 aliphatic rings. The lowest BCUT2D eigenvalue weighted by Crippen LogP contribution is -2.34. The molecule has 2 aromatic rings. The highest BCUT2D eigenvalue weighted by atomic mass is 16.2. The SMILES string of the molecule is CC(c1ccccc1)N(C)C(=O)CCNC(=O)Cc1ccccc1. The van der Waals surface area contributed by atoms with Crippen LogP contribution in [-0.2, 0) is 16.0 Å². The van der Waals surface area contributed by atoms with E-state index >= 15 is 0 Å². The molecule has 0 aliphatic heterocycles. The van der Waals surface area contributed by atoms with Gasteiger partial charge >= 0.3 is 0 Å². The van der Waals surface area contributed by atoms with E-state index in [2.05, 4.69) is 5.32 Å².